The molecule has 0 saturated carbocycles. The van der Waals surface area contributed by atoms with Crippen LogP contribution in [-0.2, 0) is 14.8 Å². The second-order valence-corrected chi connectivity index (χ2v) is 7.64. The highest BCUT2D eigenvalue weighted by Crippen LogP contribution is 2.23. The third-order valence-corrected chi connectivity index (χ3v) is 5.60. The minimum absolute atomic E-state index is 0.0775. The van der Waals surface area contributed by atoms with Crippen LogP contribution in [0.3, 0.4) is 0 Å². The Morgan fingerprint density at radius 1 is 1.16 bits per heavy atom. The van der Waals surface area contributed by atoms with Crippen molar-refractivity contribution < 1.29 is 17.9 Å². The van der Waals surface area contributed by atoms with Crippen molar-refractivity contribution in [2.75, 3.05) is 26.7 Å². The molecule has 0 unspecified atom stereocenters. The lowest BCUT2D eigenvalue weighted by Crippen LogP contribution is -2.42. The van der Waals surface area contributed by atoms with Crippen molar-refractivity contribution >= 4 is 15.9 Å². The van der Waals surface area contributed by atoms with E-state index < -0.39 is 10.0 Å². The summed E-state index contributed by atoms with van der Waals surface area (Å²) in [5.74, 6) is -0.197. The van der Waals surface area contributed by atoms with Crippen molar-refractivity contribution in [3.05, 3.63) is 65.7 Å². The Morgan fingerprint density at radius 2 is 1.92 bits per heavy atom. The topological polar surface area (TPSA) is 75.7 Å². The zero-order chi connectivity index (χ0) is 17.9. The number of carbonyl (C=O) groups is 1. The number of rotatable bonds is 4. The zero-order valence-electron chi connectivity index (χ0n) is 13.9. The molecular weight excluding hydrogens is 340 g/mol. The third kappa shape index (κ3) is 3.89. The number of ether oxygens (including phenoxy) is 1. The predicted octanol–water partition coefficient (Wildman–Crippen LogP) is 1.81. The molecule has 1 heterocycles. The summed E-state index contributed by atoms with van der Waals surface area (Å²) < 4.78 is 31.9. The van der Waals surface area contributed by atoms with Gasteiger partial charge >= 0.3 is 0 Å². The molecule has 132 valence electrons. The lowest BCUT2D eigenvalue weighted by Gasteiger charge is -2.33. The van der Waals surface area contributed by atoms with Crippen LogP contribution in [0.2, 0.25) is 0 Å². The zero-order valence-corrected chi connectivity index (χ0v) is 14.7. The number of nitrogens with zero attached hydrogens (tertiary/aromatic N) is 1. The summed E-state index contributed by atoms with van der Waals surface area (Å²) in [6, 6.07) is 15.8. The second kappa shape index (κ2) is 7.35. The van der Waals surface area contributed by atoms with E-state index in [9.17, 15) is 13.2 Å². The van der Waals surface area contributed by atoms with Gasteiger partial charge in [-0.25, -0.2) is 13.1 Å². The monoisotopic (exact) mass is 360 g/mol. The highest BCUT2D eigenvalue weighted by molar-refractivity contribution is 7.89. The highest BCUT2D eigenvalue weighted by atomic mass is 32.2. The molecule has 3 rings (SSSR count). The highest BCUT2D eigenvalue weighted by Gasteiger charge is 2.26. The van der Waals surface area contributed by atoms with Gasteiger partial charge in [0.05, 0.1) is 18.0 Å². The summed E-state index contributed by atoms with van der Waals surface area (Å²) in [6.45, 7) is 1.36. The molecule has 0 aliphatic carbocycles. The van der Waals surface area contributed by atoms with Crippen LogP contribution in [0.25, 0.3) is 0 Å². The van der Waals surface area contributed by atoms with Gasteiger partial charge in [-0.2, -0.15) is 0 Å². The molecule has 7 heteroatoms. The first kappa shape index (κ1) is 17.6. The molecular formula is C18H20N2O4S. The normalized spacial score (nSPS) is 18.1. The van der Waals surface area contributed by atoms with Crippen molar-refractivity contribution in [2.24, 2.45) is 0 Å². The maximum atomic E-state index is 12.8. The van der Waals surface area contributed by atoms with Gasteiger partial charge in [0.2, 0.25) is 10.0 Å². The molecule has 1 aliphatic heterocycles. The van der Waals surface area contributed by atoms with Crippen LogP contribution >= 0.6 is 0 Å². The average molecular weight is 360 g/mol. The van der Waals surface area contributed by atoms with Crippen LogP contribution in [-0.4, -0.2) is 46.0 Å². The number of nitrogens with one attached hydrogen (secondary N) is 1. The van der Waals surface area contributed by atoms with E-state index >= 15 is 0 Å². The van der Waals surface area contributed by atoms with Gasteiger partial charge in [0.15, 0.2) is 0 Å². The summed E-state index contributed by atoms with van der Waals surface area (Å²) in [4.78, 5) is 14.6. The molecule has 1 amide bonds. The minimum Gasteiger partial charge on any atom is -0.370 e. The van der Waals surface area contributed by atoms with Crippen molar-refractivity contribution in [1.29, 1.82) is 0 Å². The van der Waals surface area contributed by atoms with Crippen molar-refractivity contribution in [2.45, 2.75) is 11.0 Å². The molecule has 1 N–H and O–H groups in total. The molecule has 6 nitrogen and oxygen atoms in total. The maximum Gasteiger partial charge on any atom is 0.254 e. The lowest BCUT2D eigenvalue weighted by molar-refractivity contribution is -0.0228. The van der Waals surface area contributed by atoms with Gasteiger partial charge in [-0.05, 0) is 30.8 Å². The second-order valence-electron chi connectivity index (χ2n) is 5.76. The first-order chi connectivity index (χ1) is 12.0. The van der Waals surface area contributed by atoms with Crippen LogP contribution in [0.1, 0.15) is 22.0 Å². The molecule has 1 saturated heterocycles. The summed E-state index contributed by atoms with van der Waals surface area (Å²) >= 11 is 0. The van der Waals surface area contributed by atoms with E-state index in [1.165, 1.54) is 19.2 Å². The fourth-order valence-corrected chi connectivity index (χ4v) is 3.58. The van der Waals surface area contributed by atoms with Crippen molar-refractivity contribution in [3.63, 3.8) is 0 Å². The molecule has 25 heavy (non-hydrogen) atoms. The SMILES string of the molecule is CNS(=O)(=O)c1cccc(C(=O)N2CCO[C@H](c3ccccc3)C2)c1. The maximum absolute atomic E-state index is 12.8. The number of benzene rings is 2. The fourth-order valence-electron chi connectivity index (χ4n) is 2.80. The molecule has 2 aromatic carbocycles. The van der Waals surface area contributed by atoms with E-state index in [0.29, 0.717) is 25.3 Å². The fraction of sp³-hybridized carbons (Fsp3) is 0.278. The van der Waals surface area contributed by atoms with Crippen LogP contribution in [0.4, 0.5) is 0 Å². The number of morpholine rings is 1. The molecule has 0 spiro atoms. The number of amides is 1. The van der Waals surface area contributed by atoms with Crippen LogP contribution < -0.4 is 4.72 Å². The molecule has 0 radical (unpaired) electrons. The molecule has 0 aromatic heterocycles. The lowest BCUT2D eigenvalue weighted by atomic mass is 10.1. The summed E-state index contributed by atoms with van der Waals surface area (Å²) in [5.41, 5.74) is 1.37. The third-order valence-electron chi connectivity index (χ3n) is 4.19. The van der Waals surface area contributed by atoms with E-state index in [1.807, 2.05) is 30.3 Å². The Balaban J connectivity index is 1.80. The van der Waals surface area contributed by atoms with E-state index in [4.69, 9.17) is 4.74 Å². The van der Waals surface area contributed by atoms with Gasteiger partial charge in [-0.1, -0.05) is 36.4 Å². The smallest absolute Gasteiger partial charge is 0.254 e. The van der Waals surface area contributed by atoms with E-state index in [2.05, 4.69) is 4.72 Å². The van der Waals surface area contributed by atoms with Crippen LogP contribution in [0.5, 0.6) is 0 Å². The Labute approximate surface area is 147 Å². The first-order valence-electron chi connectivity index (χ1n) is 8.01. The first-order valence-corrected chi connectivity index (χ1v) is 9.49. The largest absolute Gasteiger partial charge is 0.370 e. The Kier molecular flexibility index (Phi) is 5.17. The van der Waals surface area contributed by atoms with Crippen LogP contribution in [0, 0.1) is 0 Å². The van der Waals surface area contributed by atoms with Gasteiger partial charge in [0, 0.05) is 12.1 Å². The summed E-state index contributed by atoms with van der Waals surface area (Å²) in [5, 5.41) is 0. The molecule has 0 bridgehead atoms. The molecule has 2 aromatic rings. The number of carbonyl (C=O) groups excluding carboxylic acids is 1. The van der Waals surface area contributed by atoms with Crippen molar-refractivity contribution in [1.82, 2.24) is 9.62 Å². The van der Waals surface area contributed by atoms with E-state index in [0.717, 1.165) is 5.56 Å². The van der Waals surface area contributed by atoms with E-state index in [1.54, 1.807) is 17.0 Å². The Bertz CT molecular complexity index is 852. The molecule has 1 atom stereocenters. The van der Waals surface area contributed by atoms with Crippen LogP contribution in [0.15, 0.2) is 59.5 Å². The quantitative estimate of drug-likeness (QED) is 0.902. The standard InChI is InChI=1S/C18H20N2O4S/c1-19-25(22,23)16-9-5-8-15(12-16)18(21)20-10-11-24-17(13-20)14-6-3-2-4-7-14/h2-9,12,17,19H,10-11,13H2,1H3/t17-/m0/s1. The Hall–Kier alpha value is -2.22. The number of hydrogen-bond acceptors (Lipinski definition) is 4. The Morgan fingerprint density at radius 3 is 2.64 bits per heavy atom. The predicted molar refractivity (Wildman–Crippen MR) is 93.7 cm³/mol. The summed E-state index contributed by atoms with van der Waals surface area (Å²) in [7, 11) is -2.24. The minimum atomic E-state index is -3.58. The van der Waals surface area contributed by atoms with E-state index in [-0.39, 0.29) is 16.9 Å². The van der Waals surface area contributed by atoms with Gasteiger partial charge in [-0.15, -0.1) is 0 Å². The average Bonchev–Trinajstić information content (AvgIpc) is 2.68. The van der Waals surface area contributed by atoms with Gasteiger partial charge in [0.1, 0.15) is 6.10 Å². The molecule has 1 fully saturated rings. The number of hydrogen-bond donors (Lipinski definition) is 1. The summed E-state index contributed by atoms with van der Waals surface area (Å²) in [6.07, 6.45) is -0.178. The number of sulfonamides is 1. The van der Waals surface area contributed by atoms with Gasteiger partial charge in [-0.3, -0.25) is 4.79 Å². The van der Waals surface area contributed by atoms with Crippen molar-refractivity contribution in [3.8, 4) is 0 Å². The van der Waals surface area contributed by atoms with Gasteiger partial charge < -0.3 is 9.64 Å². The van der Waals surface area contributed by atoms with Gasteiger partial charge in [0.25, 0.3) is 5.91 Å². The molecule has 1 aliphatic rings.